The third-order valence-electron chi connectivity index (χ3n) is 4.75. The summed E-state index contributed by atoms with van der Waals surface area (Å²) in [7, 11) is 0. The second-order valence-corrected chi connectivity index (χ2v) is 6.89. The predicted molar refractivity (Wildman–Crippen MR) is 106 cm³/mol. The van der Waals surface area contributed by atoms with E-state index >= 15 is 0 Å². The van der Waals surface area contributed by atoms with Gasteiger partial charge >= 0.3 is 0 Å². The van der Waals surface area contributed by atoms with Crippen LogP contribution in [0.5, 0.6) is 5.75 Å². The molecule has 0 aliphatic carbocycles. The summed E-state index contributed by atoms with van der Waals surface area (Å²) < 4.78 is 11.3. The van der Waals surface area contributed by atoms with E-state index in [0.717, 1.165) is 49.8 Å². The normalized spacial score (nSPS) is 19.9. The molecule has 1 aromatic heterocycles. The first-order chi connectivity index (χ1) is 13.3. The van der Waals surface area contributed by atoms with E-state index in [4.69, 9.17) is 21.1 Å². The van der Waals surface area contributed by atoms with E-state index in [9.17, 15) is 0 Å². The number of benzene rings is 1. The number of hydrogen-bond donors (Lipinski definition) is 1. The average Bonchev–Trinajstić information content (AvgIpc) is 3.20. The largest absolute Gasteiger partial charge is 0.492 e. The monoisotopic (exact) mass is 386 g/mol. The number of aromatic nitrogens is 1. The van der Waals surface area contributed by atoms with Gasteiger partial charge in [-0.3, -0.25) is 4.90 Å². The fourth-order valence-corrected chi connectivity index (χ4v) is 3.37. The number of morpholine rings is 1. The van der Waals surface area contributed by atoms with Gasteiger partial charge in [-0.25, -0.2) is 4.98 Å². The molecule has 1 unspecified atom stereocenters. The highest BCUT2D eigenvalue weighted by Gasteiger charge is 2.22. The molecule has 0 radical (unpaired) electrons. The van der Waals surface area contributed by atoms with E-state index in [1.54, 1.807) is 12.3 Å². The van der Waals surface area contributed by atoms with Crippen LogP contribution in [0.4, 0.5) is 5.69 Å². The molecule has 1 saturated heterocycles. The minimum absolute atomic E-state index is 0.0235. The lowest BCUT2D eigenvalue weighted by Crippen LogP contribution is -2.38. The average molecular weight is 387 g/mol. The van der Waals surface area contributed by atoms with Crippen LogP contribution in [0.1, 0.15) is 11.7 Å². The molecule has 2 aromatic rings. The molecule has 0 spiro atoms. The van der Waals surface area contributed by atoms with Crippen LogP contribution in [0.2, 0.25) is 5.15 Å². The maximum atomic E-state index is 5.89. The number of nitrogens with zero attached hydrogens (tertiary/aromatic N) is 3. The summed E-state index contributed by atoms with van der Waals surface area (Å²) in [6.07, 6.45) is 5.74. The zero-order chi connectivity index (χ0) is 18.5. The summed E-state index contributed by atoms with van der Waals surface area (Å²) in [4.78, 5) is 8.66. The second-order valence-electron chi connectivity index (χ2n) is 6.50. The van der Waals surface area contributed by atoms with E-state index in [0.29, 0.717) is 11.8 Å². The van der Waals surface area contributed by atoms with Crippen molar-refractivity contribution in [1.82, 2.24) is 15.2 Å². The number of anilines is 1. The molecule has 1 atom stereocenters. The fourth-order valence-electron chi connectivity index (χ4n) is 3.26. The zero-order valence-corrected chi connectivity index (χ0v) is 15.8. The van der Waals surface area contributed by atoms with E-state index in [-0.39, 0.29) is 6.17 Å². The zero-order valence-electron chi connectivity index (χ0n) is 15.1. The van der Waals surface area contributed by atoms with Crippen molar-refractivity contribution < 1.29 is 9.47 Å². The molecule has 2 aliphatic rings. The number of nitrogens with one attached hydrogen (secondary N) is 1. The van der Waals surface area contributed by atoms with Gasteiger partial charge in [-0.2, -0.15) is 0 Å². The van der Waals surface area contributed by atoms with Crippen molar-refractivity contribution in [2.75, 3.05) is 44.4 Å². The van der Waals surface area contributed by atoms with Crippen LogP contribution in [0.3, 0.4) is 0 Å². The van der Waals surface area contributed by atoms with Gasteiger partial charge in [0.25, 0.3) is 0 Å². The maximum Gasteiger partial charge on any atom is 0.129 e. The lowest BCUT2D eigenvalue weighted by atomic mass is 10.1. The van der Waals surface area contributed by atoms with Gasteiger partial charge in [0.15, 0.2) is 0 Å². The van der Waals surface area contributed by atoms with Gasteiger partial charge in [-0.05, 0) is 29.8 Å². The van der Waals surface area contributed by atoms with Crippen LogP contribution < -0.4 is 15.0 Å². The first-order valence-electron chi connectivity index (χ1n) is 9.15. The third-order valence-corrected chi connectivity index (χ3v) is 4.98. The summed E-state index contributed by atoms with van der Waals surface area (Å²) in [5.41, 5.74) is 2.13. The van der Waals surface area contributed by atoms with Crippen LogP contribution in [-0.4, -0.2) is 49.3 Å². The lowest BCUT2D eigenvalue weighted by Gasteiger charge is -2.27. The van der Waals surface area contributed by atoms with Gasteiger partial charge in [0.1, 0.15) is 23.7 Å². The number of rotatable bonds is 6. The third kappa shape index (κ3) is 4.53. The van der Waals surface area contributed by atoms with Crippen molar-refractivity contribution in [1.29, 1.82) is 0 Å². The van der Waals surface area contributed by atoms with Crippen LogP contribution in [0.25, 0.3) is 0 Å². The van der Waals surface area contributed by atoms with E-state index in [1.165, 1.54) is 0 Å². The molecule has 1 aromatic carbocycles. The number of hydrogen-bond acceptors (Lipinski definition) is 6. The van der Waals surface area contributed by atoms with Crippen LogP contribution in [0.15, 0.2) is 55.0 Å². The Bertz CT molecular complexity index is 761. The first kappa shape index (κ1) is 18.1. The molecular weight excluding hydrogens is 364 g/mol. The number of ether oxygens (including phenoxy) is 2. The molecule has 1 N–H and O–H groups in total. The van der Waals surface area contributed by atoms with Gasteiger partial charge in [0, 0.05) is 32.0 Å². The van der Waals surface area contributed by atoms with Gasteiger partial charge in [0.2, 0.25) is 0 Å². The van der Waals surface area contributed by atoms with Crippen molar-refractivity contribution in [3.05, 3.63) is 65.7 Å². The molecule has 2 aliphatic heterocycles. The smallest absolute Gasteiger partial charge is 0.129 e. The maximum absolute atomic E-state index is 5.89. The molecule has 1 fully saturated rings. The minimum atomic E-state index is 0.0235. The molecule has 0 amide bonds. The van der Waals surface area contributed by atoms with Gasteiger partial charge in [-0.15, -0.1) is 0 Å². The van der Waals surface area contributed by atoms with Gasteiger partial charge in [0.05, 0.1) is 25.1 Å². The Morgan fingerprint density at radius 1 is 1.15 bits per heavy atom. The fraction of sp³-hybridized carbons (Fsp3) is 0.350. The molecular formula is C20H23ClN4O2. The van der Waals surface area contributed by atoms with Crippen molar-refractivity contribution >= 4 is 17.3 Å². The van der Waals surface area contributed by atoms with Crippen molar-refractivity contribution in [2.24, 2.45) is 0 Å². The molecule has 0 bridgehead atoms. The molecule has 6 nitrogen and oxygen atoms in total. The van der Waals surface area contributed by atoms with Crippen LogP contribution in [0, 0.1) is 0 Å². The Morgan fingerprint density at radius 3 is 2.70 bits per heavy atom. The van der Waals surface area contributed by atoms with Gasteiger partial charge < -0.3 is 19.7 Å². The highest BCUT2D eigenvalue weighted by Crippen LogP contribution is 2.29. The Kier molecular flexibility index (Phi) is 5.77. The van der Waals surface area contributed by atoms with E-state index < -0.39 is 0 Å². The first-order valence-corrected chi connectivity index (χ1v) is 9.53. The summed E-state index contributed by atoms with van der Waals surface area (Å²) >= 11 is 5.89. The summed E-state index contributed by atoms with van der Waals surface area (Å²) in [5, 5.41) is 3.86. The van der Waals surface area contributed by atoms with Crippen molar-refractivity contribution in [3.63, 3.8) is 0 Å². The number of halogens is 1. The SMILES string of the molecule is Clc1ccc(N2C=CNC2c2ccc(OCCN3CCOCC3)cc2)cn1. The Hall–Kier alpha value is -2.28. The second kappa shape index (κ2) is 8.61. The summed E-state index contributed by atoms with van der Waals surface area (Å²) in [6, 6.07) is 12.0. The summed E-state index contributed by atoms with van der Waals surface area (Å²) in [5.74, 6) is 0.887. The molecule has 0 saturated carbocycles. The molecule has 4 rings (SSSR count). The quantitative estimate of drug-likeness (QED) is 0.770. The Morgan fingerprint density at radius 2 is 1.96 bits per heavy atom. The lowest BCUT2D eigenvalue weighted by molar-refractivity contribution is 0.0322. The summed E-state index contributed by atoms with van der Waals surface area (Å²) in [6.45, 7) is 5.21. The topological polar surface area (TPSA) is 49.9 Å². The highest BCUT2D eigenvalue weighted by molar-refractivity contribution is 6.29. The molecule has 27 heavy (non-hydrogen) atoms. The van der Waals surface area contributed by atoms with E-state index in [2.05, 4.69) is 32.2 Å². The predicted octanol–water partition coefficient (Wildman–Crippen LogP) is 3.03. The Balaban J connectivity index is 1.34. The molecule has 3 heterocycles. The van der Waals surface area contributed by atoms with Gasteiger partial charge in [-0.1, -0.05) is 23.7 Å². The van der Waals surface area contributed by atoms with Crippen molar-refractivity contribution in [2.45, 2.75) is 6.17 Å². The standard InChI is InChI=1S/C20H23ClN4O2/c21-19-6-3-17(15-23-19)25-8-7-22-20(25)16-1-4-18(5-2-16)27-14-11-24-9-12-26-13-10-24/h1-8,15,20,22H,9-14H2. The van der Waals surface area contributed by atoms with E-state index in [1.807, 2.05) is 30.6 Å². The minimum Gasteiger partial charge on any atom is -0.492 e. The molecule has 7 heteroatoms. The Labute approximate surface area is 164 Å². The highest BCUT2D eigenvalue weighted by atomic mass is 35.5. The van der Waals surface area contributed by atoms with Crippen molar-refractivity contribution in [3.8, 4) is 5.75 Å². The number of pyridine rings is 1. The van der Waals surface area contributed by atoms with Crippen LogP contribution in [-0.2, 0) is 4.74 Å². The molecule has 142 valence electrons. The van der Waals surface area contributed by atoms with Crippen LogP contribution >= 0.6 is 11.6 Å².